The summed E-state index contributed by atoms with van der Waals surface area (Å²) in [6.07, 6.45) is 4.07. The Kier molecular flexibility index (Phi) is 9.26. The number of benzene rings is 5. The van der Waals surface area contributed by atoms with Crippen LogP contribution in [0.5, 0.6) is 11.5 Å². The van der Waals surface area contributed by atoms with Crippen LogP contribution in [-0.4, -0.2) is 24.1 Å². The Balaban J connectivity index is 1.25. The molecule has 0 fully saturated rings. The zero-order chi connectivity index (χ0) is 30.2. The van der Waals surface area contributed by atoms with Crippen LogP contribution in [0.1, 0.15) is 31.8 Å². The molecule has 0 aliphatic carbocycles. The van der Waals surface area contributed by atoms with Gasteiger partial charge >= 0.3 is 11.9 Å². The van der Waals surface area contributed by atoms with Crippen LogP contribution in [0, 0.1) is 0 Å². The van der Waals surface area contributed by atoms with Gasteiger partial charge in [-0.15, -0.1) is 0 Å². The van der Waals surface area contributed by atoms with E-state index >= 15 is 0 Å². The molecule has 212 valence electrons. The quantitative estimate of drug-likeness (QED) is 0.0639. The van der Waals surface area contributed by atoms with Crippen LogP contribution in [0.15, 0.2) is 120 Å². The van der Waals surface area contributed by atoms with Crippen molar-refractivity contribution in [1.29, 1.82) is 0 Å². The lowest BCUT2D eigenvalue weighted by molar-refractivity contribution is -0.128. The van der Waals surface area contributed by atoms with Gasteiger partial charge in [0.15, 0.2) is 0 Å². The van der Waals surface area contributed by atoms with Crippen molar-refractivity contribution in [3.63, 3.8) is 0 Å². The van der Waals surface area contributed by atoms with Gasteiger partial charge in [-0.3, -0.25) is 4.79 Å². The molecule has 1 N–H and O–H groups in total. The Morgan fingerprint density at radius 1 is 0.698 bits per heavy atom. The van der Waals surface area contributed by atoms with E-state index in [0.717, 1.165) is 10.8 Å². The molecular weight excluding hydrogens is 587 g/mol. The predicted molar refractivity (Wildman–Crippen MR) is 168 cm³/mol. The predicted octanol–water partition coefficient (Wildman–Crippen LogP) is 7.75. The highest BCUT2D eigenvalue weighted by Gasteiger charge is 2.15. The van der Waals surface area contributed by atoms with E-state index in [1.54, 1.807) is 60.7 Å². The molecule has 0 aliphatic rings. The van der Waals surface area contributed by atoms with Crippen LogP contribution in [0.25, 0.3) is 16.8 Å². The number of hydrogen-bond donors (Lipinski definition) is 1. The van der Waals surface area contributed by atoms with E-state index in [-0.39, 0.29) is 28.0 Å². The summed E-state index contributed by atoms with van der Waals surface area (Å²) in [4.78, 5) is 38.2. The molecule has 0 bridgehead atoms. The molecule has 0 unspecified atom stereocenters. The van der Waals surface area contributed by atoms with Crippen LogP contribution >= 0.6 is 23.2 Å². The summed E-state index contributed by atoms with van der Waals surface area (Å²) in [5.41, 5.74) is 4.09. The number of hydrogen-bond acceptors (Lipinski definition) is 6. The third kappa shape index (κ3) is 7.35. The second kappa shape index (κ2) is 13.6. The summed E-state index contributed by atoms with van der Waals surface area (Å²) in [5.74, 6) is -1.27. The number of esters is 2. The van der Waals surface area contributed by atoms with Crippen molar-refractivity contribution in [2.24, 2.45) is 5.10 Å². The van der Waals surface area contributed by atoms with Crippen LogP contribution in [0.4, 0.5) is 0 Å². The lowest BCUT2D eigenvalue weighted by Crippen LogP contribution is -2.18. The van der Waals surface area contributed by atoms with Crippen molar-refractivity contribution in [3.8, 4) is 11.5 Å². The summed E-state index contributed by atoms with van der Waals surface area (Å²) in [5, 5.41) is 6.36. The van der Waals surface area contributed by atoms with Gasteiger partial charge in [0, 0.05) is 27.8 Å². The monoisotopic (exact) mass is 608 g/mol. The maximum absolute atomic E-state index is 12.8. The number of ether oxygens (including phenoxy) is 2. The molecule has 0 aromatic heterocycles. The second-order valence-electron chi connectivity index (χ2n) is 9.07. The Bertz CT molecular complexity index is 1900. The van der Waals surface area contributed by atoms with E-state index in [9.17, 15) is 14.4 Å². The minimum absolute atomic E-state index is 0.149. The Hall–Kier alpha value is -5.24. The minimum atomic E-state index is -0.678. The molecule has 0 spiro atoms. The van der Waals surface area contributed by atoms with Gasteiger partial charge in [0.1, 0.15) is 11.5 Å². The van der Waals surface area contributed by atoms with Gasteiger partial charge < -0.3 is 9.47 Å². The number of fused-ring (bicyclic) bond motifs is 1. The van der Waals surface area contributed by atoms with Crippen molar-refractivity contribution in [2.45, 2.75) is 0 Å². The number of para-hydroxylation sites is 2. The first-order valence-electron chi connectivity index (χ1n) is 13.0. The maximum atomic E-state index is 12.8. The molecule has 5 rings (SSSR count). The van der Waals surface area contributed by atoms with Gasteiger partial charge in [-0.25, -0.2) is 15.0 Å². The normalized spacial score (nSPS) is 11.1. The lowest BCUT2D eigenvalue weighted by Gasteiger charge is -2.09. The average Bonchev–Trinajstić information content (AvgIpc) is 3.01. The highest BCUT2D eigenvalue weighted by atomic mass is 35.5. The summed E-state index contributed by atoms with van der Waals surface area (Å²) in [6.45, 7) is 0. The van der Waals surface area contributed by atoms with E-state index in [4.69, 9.17) is 32.7 Å². The maximum Gasteiger partial charge on any atom is 0.345 e. The van der Waals surface area contributed by atoms with Crippen molar-refractivity contribution >= 4 is 64.1 Å². The lowest BCUT2D eigenvalue weighted by atomic mass is 10.0. The van der Waals surface area contributed by atoms with E-state index in [1.807, 2.05) is 30.3 Å². The number of amides is 1. The molecular formula is C34H22Cl2N2O5. The summed E-state index contributed by atoms with van der Waals surface area (Å²) >= 11 is 12.0. The first-order valence-corrected chi connectivity index (χ1v) is 13.7. The van der Waals surface area contributed by atoms with Gasteiger partial charge in [-0.1, -0.05) is 89.9 Å². The molecule has 0 heterocycles. The van der Waals surface area contributed by atoms with Crippen molar-refractivity contribution in [3.05, 3.63) is 148 Å². The number of nitrogens with one attached hydrogen (secondary N) is 1. The number of carbonyl (C=O) groups excluding carboxylic acids is 3. The minimum Gasteiger partial charge on any atom is -0.423 e. The number of rotatable bonds is 8. The third-order valence-corrected chi connectivity index (χ3v) is 6.75. The van der Waals surface area contributed by atoms with Gasteiger partial charge in [-0.2, -0.15) is 5.10 Å². The molecule has 0 radical (unpaired) electrons. The molecule has 1 amide bonds. The molecule has 9 heteroatoms. The smallest absolute Gasteiger partial charge is 0.345 e. The van der Waals surface area contributed by atoms with Gasteiger partial charge in [0.25, 0.3) is 5.91 Å². The molecule has 0 atom stereocenters. The SMILES string of the molecule is O=C(/C=C/c1ccccc1OC(=O)c1ccc(Cl)cc1Cl)Oc1ccccc1/C=N/NC(=O)c1cccc2ccccc12. The Morgan fingerprint density at radius 2 is 1.37 bits per heavy atom. The summed E-state index contributed by atoms with van der Waals surface area (Å²) in [6, 6.07) is 30.9. The Labute approximate surface area is 257 Å². The number of nitrogens with zero attached hydrogens (tertiary/aromatic N) is 1. The standard InChI is InChI=1S/C34H22Cl2N2O5/c35-25-17-18-28(29(36)20-25)34(41)43-30-14-5-2-9-23(30)16-19-32(39)42-31-15-6-3-10-24(31)21-37-38-33(40)27-13-7-11-22-8-1-4-12-26(22)27/h1-21H,(H,38,40)/b19-16+,37-21+. The molecule has 5 aromatic carbocycles. The van der Waals surface area contributed by atoms with Crippen LogP contribution in [0.2, 0.25) is 10.0 Å². The Morgan fingerprint density at radius 3 is 2.16 bits per heavy atom. The van der Waals surface area contributed by atoms with E-state index in [2.05, 4.69) is 10.5 Å². The summed E-state index contributed by atoms with van der Waals surface area (Å²) < 4.78 is 11.0. The topological polar surface area (TPSA) is 94.1 Å². The molecule has 0 aliphatic heterocycles. The molecule has 0 saturated carbocycles. The average molecular weight is 609 g/mol. The zero-order valence-corrected chi connectivity index (χ0v) is 23.9. The third-order valence-electron chi connectivity index (χ3n) is 6.21. The summed E-state index contributed by atoms with van der Waals surface area (Å²) in [7, 11) is 0. The van der Waals surface area contributed by atoms with Gasteiger partial charge in [0.2, 0.25) is 0 Å². The van der Waals surface area contributed by atoms with Crippen LogP contribution < -0.4 is 14.9 Å². The second-order valence-corrected chi connectivity index (χ2v) is 9.91. The number of carbonyl (C=O) groups is 3. The van der Waals surface area contributed by atoms with Crippen LogP contribution in [0.3, 0.4) is 0 Å². The van der Waals surface area contributed by atoms with E-state index < -0.39 is 11.9 Å². The highest BCUT2D eigenvalue weighted by Crippen LogP contribution is 2.25. The molecule has 7 nitrogen and oxygen atoms in total. The molecule has 0 saturated heterocycles. The van der Waals surface area contributed by atoms with Crippen molar-refractivity contribution < 1.29 is 23.9 Å². The zero-order valence-electron chi connectivity index (χ0n) is 22.4. The largest absolute Gasteiger partial charge is 0.423 e. The van der Waals surface area contributed by atoms with Crippen LogP contribution in [-0.2, 0) is 4.79 Å². The fourth-order valence-electron chi connectivity index (χ4n) is 4.15. The van der Waals surface area contributed by atoms with E-state index in [0.29, 0.717) is 21.7 Å². The first kappa shape index (κ1) is 29.3. The highest BCUT2D eigenvalue weighted by molar-refractivity contribution is 6.36. The van der Waals surface area contributed by atoms with Crippen molar-refractivity contribution in [2.75, 3.05) is 0 Å². The van der Waals surface area contributed by atoms with Gasteiger partial charge in [0.05, 0.1) is 16.8 Å². The van der Waals surface area contributed by atoms with E-state index in [1.165, 1.54) is 36.6 Å². The first-order chi connectivity index (χ1) is 20.9. The molecule has 43 heavy (non-hydrogen) atoms. The van der Waals surface area contributed by atoms with Crippen molar-refractivity contribution in [1.82, 2.24) is 5.43 Å². The fraction of sp³-hybridized carbons (Fsp3) is 0. The van der Waals surface area contributed by atoms with Gasteiger partial charge in [-0.05, 0) is 59.3 Å². The fourth-order valence-corrected chi connectivity index (χ4v) is 4.63. The molecule has 5 aromatic rings. The number of hydrazone groups is 1. The number of halogens is 2.